The predicted molar refractivity (Wildman–Crippen MR) is 63.7 cm³/mol. The molecule has 1 rings (SSSR count). The number of rotatable bonds is 6. The van der Waals surface area contributed by atoms with Gasteiger partial charge >= 0.3 is 22.7 Å². The molecule has 0 heterocycles. The van der Waals surface area contributed by atoms with Crippen molar-refractivity contribution in [2.24, 2.45) is 0 Å². The summed E-state index contributed by atoms with van der Waals surface area (Å²) < 4.78 is 0. The third-order valence-corrected chi connectivity index (χ3v) is 2.19. The number of nitrogens with one attached hydrogen (secondary N) is 1. The minimum Gasteiger partial charge on any atom is -0.258 e. The van der Waals surface area contributed by atoms with Gasteiger partial charge < -0.3 is 0 Å². The SMILES string of the molecule is O=[N+]([O-])Nc1c([N+](=O)[O-])cc([N+](=O)[O-])c([N+](=O)[O-])c1[N+](=O)[O-]. The van der Waals surface area contributed by atoms with Crippen LogP contribution in [-0.4, -0.2) is 24.7 Å². The average molecular weight is 318 g/mol. The fourth-order valence-electron chi connectivity index (χ4n) is 1.47. The van der Waals surface area contributed by atoms with Gasteiger partial charge in [0.25, 0.3) is 5.69 Å². The van der Waals surface area contributed by atoms with E-state index in [0.29, 0.717) is 0 Å². The smallest absolute Gasteiger partial charge is 0.258 e. The Hall–Kier alpha value is -3.98. The van der Waals surface area contributed by atoms with Crippen LogP contribution in [0.5, 0.6) is 0 Å². The molecular weight excluding hydrogens is 316 g/mol. The molecule has 0 aliphatic heterocycles. The number of hydrazine groups is 1. The van der Waals surface area contributed by atoms with Crippen molar-refractivity contribution in [1.82, 2.24) is 0 Å². The van der Waals surface area contributed by atoms with E-state index in [1.54, 1.807) is 0 Å². The fraction of sp³-hybridized carbons (Fsp3) is 0. The Labute approximate surface area is 116 Å². The lowest BCUT2D eigenvalue weighted by atomic mass is 10.1. The average Bonchev–Trinajstić information content (AvgIpc) is 2.35. The Morgan fingerprint density at radius 1 is 0.682 bits per heavy atom. The van der Waals surface area contributed by atoms with Crippen molar-refractivity contribution in [3.05, 3.63) is 56.6 Å². The molecule has 16 heteroatoms. The minimum absolute atomic E-state index is 0.0248. The largest absolute Gasteiger partial charge is 0.425 e. The highest BCUT2D eigenvalue weighted by molar-refractivity contribution is 5.85. The summed E-state index contributed by atoms with van der Waals surface area (Å²) in [7, 11) is 0. The zero-order valence-corrected chi connectivity index (χ0v) is 9.90. The first-order valence-corrected chi connectivity index (χ1v) is 4.77. The van der Waals surface area contributed by atoms with Crippen LogP contribution in [0.2, 0.25) is 0 Å². The minimum atomic E-state index is -1.76. The molecular formula is C6H2N6O10. The maximum Gasteiger partial charge on any atom is 0.425 e. The lowest BCUT2D eigenvalue weighted by Gasteiger charge is -2.02. The highest BCUT2D eigenvalue weighted by Crippen LogP contribution is 2.47. The van der Waals surface area contributed by atoms with Crippen molar-refractivity contribution in [2.45, 2.75) is 0 Å². The summed E-state index contributed by atoms with van der Waals surface area (Å²) in [6.07, 6.45) is 0. The number of benzene rings is 1. The van der Waals surface area contributed by atoms with Crippen LogP contribution in [0.1, 0.15) is 0 Å². The molecule has 0 atom stereocenters. The number of anilines is 1. The summed E-state index contributed by atoms with van der Waals surface area (Å²) in [5, 5.41) is 52.1. The van der Waals surface area contributed by atoms with E-state index >= 15 is 0 Å². The van der Waals surface area contributed by atoms with Gasteiger partial charge in [-0.25, -0.2) is 10.1 Å². The molecule has 0 aliphatic carbocycles. The van der Waals surface area contributed by atoms with E-state index in [1.165, 1.54) is 0 Å². The number of hydrogen-bond acceptors (Lipinski definition) is 10. The van der Waals surface area contributed by atoms with E-state index < -0.39 is 53.2 Å². The standard InChI is InChI=1S/C6H2N6O10/c13-8(14)2-1-3(9(15)16)5(10(17)18)6(11(19)20)4(2)7-12(21)22/h1,7H. The lowest BCUT2D eigenvalue weighted by molar-refractivity contribution is -0.454. The number of nitro groups is 5. The van der Waals surface area contributed by atoms with Crippen LogP contribution in [0.4, 0.5) is 28.4 Å². The third kappa shape index (κ3) is 2.79. The quantitative estimate of drug-likeness (QED) is 0.572. The van der Waals surface area contributed by atoms with Crippen LogP contribution < -0.4 is 5.43 Å². The van der Waals surface area contributed by atoms with Crippen LogP contribution >= 0.6 is 0 Å². The molecule has 0 spiro atoms. The van der Waals surface area contributed by atoms with Crippen LogP contribution in [0.3, 0.4) is 0 Å². The molecule has 0 aromatic heterocycles. The summed E-state index contributed by atoms with van der Waals surface area (Å²) in [5.41, 5.74) is -6.82. The summed E-state index contributed by atoms with van der Waals surface area (Å²) in [4.78, 5) is 47.6. The van der Waals surface area contributed by atoms with Gasteiger partial charge in [-0.05, 0) is 0 Å². The van der Waals surface area contributed by atoms with E-state index in [9.17, 15) is 50.6 Å². The second-order valence-electron chi connectivity index (χ2n) is 3.38. The van der Waals surface area contributed by atoms with E-state index in [2.05, 4.69) is 0 Å². The molecule has 0 bridgehead atoms. The maximum atomic E-state index is 10.9. The van der Waals surface area contributed by atoms with Crippen LogP contribution in [0, 0.1) is 50.6 Å². The van der Waals surface area contributed by atoms with Gasteiger partial charge in [0.15, 0.2) is 5.03 Å². The molecule has 16 nitrogen and oxygen atoms in total. The first-order chi connectivity index (χ1) is 10.1. The van der Waals surface area contributed by atoms with Crippen molar-refractivity contribution in [2.75, 3.05) is 5.43 Å². The zero-order valence-electron chi connectivity index (χ0n) is 9.90. The zero-order chi connectivity index (χ0) is 17.2. The van der Waals surface area contributed by atoms with E-state index in [0.717, 1.165) is 5.43 Å². The van der Waals surface area contributed by atoms with Crippen molar-refractivity contribution in [3.63, 3.8) is 0 Å². The Morgan fingerprint density at radius 3 is 1.45 bits per heavy atom. The summed E-state index contributed by atoms with van der Waals surface area (Å²) in [6, 6.07) is 0.0248. The van der Waals surface area contributed by atoms with Crippen molar-refractivity contribution in [1.29, 1.82) is 0 Å². The lowest BCUT2D eigenvalue weighted by Crippen LogP contribution is -2.14. The van der Waals surface area contributed by atoms with Crippen LogP contribution in [-0.2, 0) is 0 Å². The molecule has 0 fully saturated rings. The van der Waals surface area contributed by atoms with E-state index in [4.69, 9.17) is 0 Å². The number of nitro benzene ring substituents is 4. The summed E-state index contributed by atoms with van der Waals surface area (Å²) >= 11 is 0. The summed E-state index contributed by atoms with van der Waals surface area (Å²) in [5.74, 6) is 0. The van der Waals surface area contributed by atoms with Crippen molar-refractivity contribution < 1.29 is 24.7 Å². The first-order valence-electron chi connectivity index (χ1n) is 4.77. The second-order valence-corrected chi connectivity index (χ2v) is 3.38. The van der Waals surface area contributed by atoms with Gasteiger partial charge in [-0.2, -0.15) is 0 Å². The molecule has 0 unspecified atom stereocenters. The van der Waals surface area contributed by atoms with Gasteiger partial charge in [0.05, 0.1) is 19.7 Å². The van der Waals surface area contributed by atoms with Gasteiger partial charge in [-0.15, -0.1) is 0 Å². The Morgan fingerprint density at radius 2 is 1.14 bits per heavy atom. The topological polar surface area (TPSA) is 228 Å². The highest BCUT2D eigenvalue weighted by Gasteiger charge is 2.46. The highest BCUT2D eigenvalue weighted by atomic mass is 16.7. The maximum absolute atomic E-state index is 10.9. The number of nitrogens with zero attached hydrogens (tertiary/aromatic N) is 5. The third-order valence-electron chi connectivity index (χ3n) is 2.19. The van der Waals surface area contributed by atoms with Gasteiger partial charge in [0, 0.05) is 0 Å². The van der Waals surface area contributed by atoms with E-state index in [1.807, 2.05) is 0 Å². The molecule has 116 valence electrons. The Bertz CT molecular complexity index is 727. The molecule has 0 radical (unpaired) electrons. The van der Waals surface area contributed by atoms with Gasteiger partial charge in [-0.3, -0.25) is 40.5 Å². The second kappa shape index (κ2) is 5.56. The normalized spacial score (nSPS) is 9.82. The monoisotopic (exact) mass is 318 g/mol. The molecule has 0 saturated carbocycles. The van der Waals surface area contributed by atoms with Gasteiger partial charge in [0.1, 0.15) is 6.07 Å². The van der Waals surface area contributed by atoms with Gasteiger partial charge in [0.2, 0.25) is 0 Å². The molecule has 1 N–H and O–H groups in total. The Kier molecular flexibility index (Phi) is 4.07. The first kappa shape index (κ1) is 16.1. The molecule has 1 aromatic rings. The van der Waals surface area contributed by atoms with Crippen LogP contribution in [0.15, 0.2) is 6.07 Å². The molecule has 1 aromatic carbocycles. The Balaban J connectivity index is 4.03. The predicted octanol–water partition coefficient (Wildman–Crippen LogP) is 0.923. The van der Waals surface area contributed by atoms with Crippen LogP contribution in [0.25, 0.3) is 0 Å². The molecule has 22 heavy (non-hydrogen) atoms. The van der Waals surface area contributed by atoms with E-state index in [-0.39, 0.29) is 6.07 Å². The van der Waals surface area contributed by atoms with Crippen molar-refractivity contribution >= 4 is 28.4 Å². The number of hydrogen-bond donors (Lipinski definition) is 1. The fourth-order valence-corrected chi connectivity index (χ4v) is 1.47. The molecule has 0 aliphatic rings. The molecule has 0 amide bonds. The van der Waals surface area contributed by atoms with Gasteiger partial charge in [-0.1, -0.05) is 5.43 Å². The summed E-state index contributed by atoms with van der Waals surface area (Å²) in [6.45, 7) is 0. The van der Waals surface area contributed by atoms with Crippen molar-refractivity contribution in [3.8, 4) is 0 Å². The molecule has 0 saturated heterocycles.